The van der Waals surface area contributed by atoms with E-state index < -0.39 is 12.1 Å². The Labute approximate surface area is 119 Å². The molecular formula is C14H14F3N3O. The van der Waals surface area contributed by atoms with Gasteiger partial charge in [-0.1, -0.05) is 12.1 Å². The fraction of sp³-hybridized carbons (Fsp3) is 0.357. The van der Waals surface area contributed by atoms with Crippen LogP contribution in [0, 0.1) is 0 Å². The lowest BCUT2D eigenvalue weighted by Gasteiger charge is -2.36. The van der Waals surface area contributed by atoms with Crippen molar-refractivity contribution in [2.45, 2.75) is 6.18 Å². The molecule has 1 amide bonds. The number of piperazine rings is 1. The highest BCUT2D eigenvalue weighted by Crippen LogP contribution is 2.27. The number of halogens is 3. The summed E-state index contributed by atoms with van der Waals surface area (Å²) in [4.78, 5) is 17.2. The number of nitrogens with one attached hydrogen (secondary N) is 1. The largest absolute Gasteiger partial charge is 0.471 e. The Morgan fingerprint density at radius 2 is 1.81 bits per heavy atom. The maximum atomic E-state index is 12.4. The summed E-state index contributed by atoms with van der Waals surface area (Å²) < 4.78 is 37.2. The predicted octanol–water partition coefficient (Wildman–Crippen LogP) is 2.38. The molecule has 0 bridgehead atoms. The summed E-state index contributed by atoms with van der Waals surface area (Å²) in [6, 6.07) is 7.76. The molecule has 1 aliphatic heterocycles. The Hall–Kier alpha value is -2.18. The monoisotopic (exact) mass is 297 g/mol. The summed E-state index contributed by atoms with van der Waals surface area (Å²) in [6.45, 7) is 0.935. The van der Waals surface area contributed by atoms with E-state index in [9.17, 15) is 18.0 Å². The van der Waals surface area contributed by atoms with Crippen LogP contribution in [0.1, 0.15) is 0 Å². The first-order valence-electron chi connectivity index (χ1n) is 6.64. The Balaban J connectivity index is 1.74. The van der Waals surface area contributed by atoms with Gasteiger partial charge in [0, 0.05) is 37.8 Å². The molecule has 1 aliphatic rings. The molecule has 7 heteroatoms. The van der Waals surface area contributed by atoms with E-state index >= 15 is 0 Å². The molecule has 112 valence electrons. The van der Waals surface area contributed by atoms with Crippen molar-refractivity contribution in [1.29, 1.82) is 0 Å². The lowest BCUT2D eigenvalue weighted by atomic mass is 10.2. The van der Waals surface area contributed by atoms with Crippen LogP contribution in [0.25, 0.3) is 10.9 Å². The molecule has 21 heavy (non-hydrogen) atoms. The van der Waals surface area contributed by atoms with Crippen molar-refractivity contribution in [2.24, 2.45) is 0 Å². The number of rotatable bonds is 1. The van der Waals surface area contributed by atoms with Crippen molar-refractivity contribution < 1.29 is 18.0 Å². The fourth-order valence-electron chi connectivity index (χ4n) is 2.66. The van der Waals surface area contributed by atoms with Gasteiger partial charge < -0.3 is 14.8 Å². The average molecular weight is 297 g/mol. The van der Waals surface area contributed by atoms with Crippen molar-refractivity contribution in [3.63, 3.8) is 0 Å². The maximum Gasteiger partial charge on any atom is 0.471 e. The topological polar surface area (TPSA) is 39.3 Å². The van der Waals surface area contributed by atoms with Gasteiger partial charge in [-0.05, 0) is 12.1 Å². The number of benzene rings is 1. The number of aromatic nitrogens is 1. The van der Waals surface area contributed by atoms with E-state index in [-0.39, 0.29) is 13.1 Å². The fourth-order valence-corrected chi connectivity index (χ4v) is 2.66. The molecular weight excluding hydrogens is 283 g/mol. The third-order valence-electron chi connectivity index (χ3n) is 3.72. The number of nitrogens with zero attached hydrogens (tertiary/aromatic N) is 2. The number of alkyl halides is 3. The second-order valence-corrected chi connectivity index (χ2v) is 5.00. The highest BCUT2D eigenvalue weighted by atomic mass is 19.4. The highest BCUT2D eigenvalue weighted by Gasteiger charge is 2.43. The summed E-state index contributed by atoms with van der Waals surface area (Å²) in [6.07, 6.45) is -2.96. The van der Waals surface area contributed by atoms with Crippen LogP contribution >= 0.6 is 0 Å². The number of carbonyl (C=O) groups excluding carboxylic acids is 1. The first kappa shape index (κ1) is 13.8. The first-order chi connectivity index (χ1) is 9.97. The molecule has 0 spiro atoms. The van der Waals surface area contributed by atoms with Gasteiger partial charge in [-0.25, -0.2) is 0 Å². The van der Waals surface area contributed by atoms with Gasteiger partial charge in [0.1, 0.15) is 0 Å². The number of anilines is 1. The third-order valence-corrected chi connectivity index (χ3v) is 3.72. The molecule has 4 nitrogen and oxygen atoms in total. The molecule has 0 radical (unpaired) electrons. The minimum absolute atomic E-state index is 0.0788. The lowest BCUT2D eigenvalue weighted by molar-refractivity contribution is -0.185. The van der Waals surface area contributed by atoms with Gasteiger partial charge in [-0.3, -0.25) is 4.79 Å². The molecule has 1 N–H and O–H groups in total. The van der Waals surface area contributed by atoms with Gasteiger partial charge in [-0.2, -0.15) is 13.2 Å². The number of fused-ring (bicyclic) bond motifs is 1. The molecule has 3 rings (SSSR count). The number of amides is 1. The summed E-state index contributed by atoms with van der Waals surface area (Å²) in [7, 11) is 0. The molecule has 1 aromatic carbocycles. The van der Waals surface area contributed by atoms with Gasteiger partial charge in [0.15, 0.2) is 0 Å². The molecule has 1 saturated heterocycles. The Bertz CT molecular complexity index is 657. The van der Waals surface area contributed by atoms with Crippen LogP contribution in [0.3, 0.4) is 0 Å². The standard InChI is InChI=1S/C14H14F3N3O/c15-14(16,17)13(21)20-8-6-19(7-9-20)11-3-1-2-10-4-5-18-12(10)11/h1-5,18H,6-9H2. The predicted molar refractivity (Wildman–Crippen MR) is 73.1 cm³/mol. The van der Waals surface area contributed by atoms with Crippen LogP contribution < -0.4 is 4.90 Å². The smallest absolute Gasteiger partial charge is 0.366 e. The van der Waals surface area contributed by atoms with Gasteiger partial charge >= 0.3 is 12.1 Å². The van der Waals surface area contributed by atoms with Crippen LogP contribution in [0.15, 0.2) is 30.5 Å². The third kappa shape index (κ3) is 2.55. The number of hydrogen-bond acceptors (Lipinski definition) is 2. The molecule has 0 aliphatic carbocycles. The average Bonchev–Trinajstić information content (AvgIpc) is 2.94. The number of aromatic amines is 1. The van der Waals surface area contributed by atoms with E-state index in [1.165, 1.54) is 0 Å². The minimum Gasteiger partial charge on any atom is -0.366 e. The Morgan fingerprint density at radius 1 is 1.10 bits per heavy atom. The Morgan fingerprint density at radius 3 is 2.48 bits per heavy atom. The summed E-state index contributed by atoms with van der Waals surface area (Å²) in [5, 5.41) is 1.06. The van der Waals surface area contributed by atoms with E-state index in [0.717, 1.165) is 21.5 Å². The number of H-pyrrole nitrogens is 1. The molecule has 1 aromatic heterocycles. The number of hydrogen-bond donors (Lipinski definition) is 1. The summed E-state index contributed by atoms with van der Waals surface area (Å²) in [5.74, 6) is -1.75. The van der Waals surface area contributed by atoms with Crippen LogP contribution in [-0.4, -0.2) is 48.1 Å². The molecule has 1 fully saturated rings. The number of para-hydroxylation sites is 1. The zero-order chi connectivity index (χ0) is 15.0. The first-order valence-corrected chi connectivity index (χ1v) is 6.64. The molecule has 2 aromatic rings. The maximum absolute atomic E-state index is 12.4. The lowest BCUT2D eigenvalue weighted by Crippen LogP contribution is -2.52. The van der Waals surface area contributed by atoms with Crippen LogP contribution in [0.5, 0.6) is 0 Å². The van der Waals surface area contributed by atoms with Crippen LogP contribution in [0.4, 0.5) is 18.9 Å². The summed E-state index contributed by atoms with van der Waals surface area (Å²) in [5.41, 5.74) is 1.92. The second-order valence-electron chi connectivity index (χ2n) is 5.00. The molecule has 0 atom stereocenters. The van der Waals surface area contributed by atoms with Crippen LogP contribution in [0.2, 0.25) is 0 Å². The minimum atomic E-state index is -4.79. The van der Waals surface area contributed by atoms with Crippen molar-refractivity contribution >= 4 is 22.5 Å². The quantitative estimate of drug-likeness (QED) is 0.878. The van der Waals surface area contributed by atoms with E-state index in [1.807, 2.05) is 35.4 Å². The Kier molecular flexibility index (Phi) is 3.27. The van der Waals surface area contributed by atoms with E-state index in [0.29, 0.717) is 13.1 Å². The van der Waals surface area contributed by atoms with Gasteiger partial charge in [0.2, 0.25) is 0 Å². The summed E-state index contributed by atoms with van der Waals surface area (Å²) >= 11 is 0. The number of carbonyl (C=O) groups is 1. The highest BCUT2D eigenvalue weighted by molar-refractivity contribution is 5.91. The van der Waals surface area contributed by atoms with Crippen molar-refractivity contribution in [2.75, 3.05) is 31.1 Å². The van der Waals surface area contributed by atoms with Crippen molar-refractivity contribution in [3.8, 4) is 0 Å². The van der Waals surface area contributed by atoms with E-state index in [1.54, 1.807) is 0 Å². The SMILES string of the molecule is O=C(N1CCN(c2cccc3cc[nH]c23)CC1)C(F)(F)F. The molecule has 2 heterocycles. The van der Waals surface area contributed by atoms with Crippen molar-refractivity contribution in [3.05, 3.63) is 30.5 Å². The normalized spacial score (nSPS) is 16.5. The zero-order valence-electron chi connectivity index (χ0n) is 11.2. The van der Waals surface area contributed by atoms with Crippen LogP contribution in [-0.2, 0) is 4.79 Å². The second kappa shape index (κ2) is 4.98. The van der Waals surface area contributed by atoms with Gasteiger partial charge in [0.25, 0.3) is 0 Å². The zero-order valence-corrected chi connectivity index (χ0v) is 11.2. The molecule has 0 saturated carbocycles. The van der Waals surface area contributed by atoms with Gasteiger partial charge in [-0.15, -0.1) is 0 Å². The van der Waals surface area contributed by atoms with E-state index in [4.69, 9.17) is 0 Å². The molecule has 0 unspecified atom stereocenters. The van der Waals surface area contributed by atoms with Gasteiger partial charge in [0.05, 0.1) is 11.2 Å². The van der Waals surface area contributed by atoms with E-state index in [2.05, 4.69) is 4.98 Å². The van der Waals surface area contributed by atoms with Crippen molar-refractivity contribution in [1.82, 2.24) is 9.88 Å².